The van der Waals surface area contributed by atoms with Crippen LogP contribution in [0.25, 0.3) is 0 Å². The molecule has 0 unspecified atom stereocenters. The van der Waals surface area contributed by atoms with Crippen LogP contribution in [0, 0.1) is 5.41 Å². The second-order valence-electron chi connectivity index (χ2n) is 4.80. The summed E-state index contributed by atoms with van der Waals surface area (Å²) in [5.41, 5.74) is 0.308. The number of carbonyl (C=O) groups is 1. The summed E-state index contributed by atoms with van der Waals surface area (Å²) in [6, 6.07) is 0. The molecule has 0 aromatic rings. The van der Waals surface area contributed by atoms with Crippen molar-refractivity contribution in [2.45, 2.75) is 40.0 Å². The SMILES string of the molecule is CC(C)(C)CCCNC(=O)OCCCO. The monoisotopic (exact) mass is 217 g/mol. The zero-order chi connectivity index (χ0) is 11.7. The minimum atomic E-state index is -0.391. The van der Waals surface area contributed by atoms with Crippen LogP contribution in [0.2, 0.25) is 0 Å². The molecule has 0 radical (unpaired) electrons. The molecule has 1 amide bonds. The highest BCUT2D eigenvalue weighted by molar-refractivity contribution is 5.66. The third-order valence-electron chi connectivity index (χ3n) is 1.91. The molecule has 15 heavy (non-hydrogen) atoms. The van der Waals surface area contributed by atoms with Gasteiger partial charge in [-0.15, -0.1) is 0 Å². The highest BCUT2D eigenvalue weighted by atomic mass is 16.5. The molecule has 0 heterocycles. The highest BCUT2D eigenvalue weighted by Crippen LogP contribution is 2.19. The molecule has 0 aliphatic heterocycles. The second kappa shape index (κ2) is 7.51. The second-order valence-corrected chi connectivity index (χ2v) is 4.80. The molecule has 90 valence electrons. The first-order valence-electron chi connectivity index (χ1n) is 5.47. The van der Waals surface area contributed by atoms with Gasteiger partial charge in [0.1, 0.15) is 0 Å². The Hall–Kier alpha value is -0.770. The summed E-state index contributed by atoms with van der Waals surface area (Å²) in [6.45, 7) is 7.50. The number of hydrogen-bond acceptors (Lipinski definition) is 3. The number of rotatable bonds is 6. The lowest BCUT2D eigenvalue weighted by molar-refractivity contribution is 0.135. The fraction of sp³-hybridized carbons (Fsp3) is 0.909. The summed E-state index contributed by atoms with van der Waals surface area (Å²) in [6.07, 6.45) is 2.13. The predicted octanol–water partition coefficient (Wildman–Crippen LogP) is 1.92. The average molecular weight is 217 g/mol. The Bertz CT molecular complexity index is 175. The number of aliphatic hydroxyl groups is 1. The Kier molecular flexibility index (Phi) is 7.13. The van der Waals surface area contributed by atoms with Gasteiger partial charge in [0.15, 0.2) is 0 Å². The lowest BCUT2D eigenvalue weighted by Gasteiger charge is -2.17. The van der Waals surface area contributed by atoms with Crippen molar-refractivity contribution in [1.82, 2.24) is 5.32 Å². The molecule has 4 heteroatoms. The zero-order valence-electron chi connectivity index (χ0n) is 10.0. The van der Waals surface area contributed by atoms with Gasteiger partial charge in [0.05, 0.1) is 6.61 Å². The van der Waals surface area contributed by atoms with Crippen molar-refractivity contribution in [3.8, 4) is 0 Å². The van der Waals surface area contributed by atoms with Crippen LogP contribution in [0.4, 0.5) is 4.79 Å². The number of carbonyl (C=O) groups excluding carboxylic acids is 1. The van der Waals surface area contributed by atoms with E-state index < -0.39 is 6.09 Å². The van der Waals surface area contributed by atoms with Gasteiger partial charge in [-0.3, -0.25) is 0 Å². The lowest BCUT2D eigenvalue weighted by Crippen LogP contribution is -2.26. The van der Waals surface area contributed by atoms with Gasteiger partial charge in [0.25, 0.3) is 0 Å². The zero-order valence-corrected chi connectivity index (χ0v) is 10.0. The van der Waals surface area contributed by atoms with Crippen molar-refractivity contribution >= 4 is 6.09 Å². The quantitative estimate of drug-likeness (QED) is 0.668. The molecular formula is C11H23NO3. The Morgan fingerprint density at radius 2 is 2.00 bits per heavy atom. The molecule has 4 nitrogen and oxygen atoms in total. The Morgan fingerprint density at radius 1 is 1.33 bits per heavy atom. The molecule has 0 aliphatic carbocycles. The fourth-order valence-corrected chi connectivity index (χ4v) is 1.09. The highest BCUT2D eigenvalue weighted by Gasteiger charge is 2.09. The summed E-state index contributed by atoms with van der Waals surface area (Å²) >= 11 is 0. The number of alkyl carbamates (subject to hydrolysis) is 1. The molecular weight excluding hydrogens is 194 g/mol. The first-order valence-corrected chi connectivity index (χ1v) is 5.47. The van der Waals surface area contributed by atoms with Crippen molar-refractivity contribution in [2.75, 3.05) is 19.8 Å². The van der Waals surface area contributed by atoms with Gasteiger partial charge in [-0.1, -0.05) is 20.8 Å². The number of ether oxygens (including phenoxy) is 1. The predicted molar refractivity (Wildman–Crippen MR) is 59.7 cm³/mol. The van der Waals surface area contributed by atoms with E-state index in [9.17, 15) is 4.79 Å². The maximum atomic E-state index is 11.0. The first kappa shape index (κ1) is 14.2. The van der Waals surface area contributed by atoms with E-state index in [1.54, 1.807) is 0 Å². The smallest absolute Gasteiger partial charge is 0.407 e. The van der Waals surface area contributed by atoms with E-state index in [4.69, 9.17) is 9.84 Å². The van der Waals surface area contributed by atoms with Crippen LogP contribution in [0.1, 0.15) is 40.0 Å². The van der Waals surface area contributed by atoms with Crippen molar-refractivity contribution in [2.24, 2.45) is 5.41 Å². The van der Waals surface area contributed by atoms with E-state index in [0.29, 0.717) is 18.4 Å². The van der Waals surface area contributed by atoms with Crippen LogP contribution >= 0.6 is 0 Å². The maximum absolute atomic E-state index is 11.0. The molecule has 2 N–H and O–H groups in total. The summed E-state index contributed by atoms with van der Waals surface area (Å²) < 4.78 is 4.80. The molecule has 0 aliphatic rings. The molecule has 0 rings (SSSR count). The van der Waals surface area contributed by atoms with Crippen LogP contribution < -0.4 is 5.32 Å². The molecule has 0 aromatic carbocycles. The fourth-order valence-electron chi connectivity index (χ4n) is 1.09. The topological polar surface area (TPSA) is 58.6 Å². The Labute approximate surface area is 92.0 Å². The molecule has 0 saturated heterocycles. The molecule has 0 aromatic heterocycles. The van der Waals surface area contributed by atoms with Gasteiger partial charge in [0.2, 0.25) is 0 Å². The Morgan fingerprint density at radius 3 is 2.53 bits per heavy atom. The van der Waals surface area contributed by atoms with Crippen molar-refractivity contribution in [3.05, 3.63) is 0 Å². The third kappa shape index (κ3) is 11.2. The summed E-state index contributed by atoms with van der Waals surface area (Å²) in [4.78, 5) is 11.0. The number of amides is 1. The van der Waals surface area contributed by atoms with Gasteiger partial charge < -0.3 is 15.2 Å². The number of nitrogens with one attached hydrogen (secondary N) is 1. The van der Waals surface area contributed by atoms with Crippen molar-refractivity contribution < 1.29 is 14.6 Å². The van der Waals surface area contributed by atoms with E-state index in [1.807, 2.05) is 0 Å². The van der Waals surface area contributed by atoms with E-state index in [0.717, 1.165) is 12.8 Å². The van der Waals surface area contributed by atoms with E-state index in [2.05, 4.69) is 26.1 Å². The van der Waals surface area contributed by atoms with Crippen LogP contribution in [0.5, 0.6) is 0 Å². The van der Waals surface area contributed by atoms with Crippen molar-refractivity contribution in [1.29, 1.82) is 0 Å². The molecule has 0 fully saturated rings. The minimum absolute atomic E-state index is 0.0529. The van der Waals surface area contributed by atoms with Crippen molar-refractivity contribution in [3.63, 3.8) is 0 Å². The minimum Gasteiger partial charge on any atom is -0.449 e. The van der Waals surface area contributed by atoms with Crippen LogP contribution in [0.15, 0.2) is 0 Å². The third-order valence-corrected chi connectivity index (χ3v) is 1.91. The lowest BCUT2D eigenvalue weighted by atomic mass is 9.91. The average Bonchev–Trinajstić information content (AvgIpc) is 2.11. The summed E-state index contributed by atoms with van der Waals surface area (Å²) in [7, 11) is 0. The summed E-state index contributed by atoms with van der Waals surface area (Å²) in [5.74, 6) is 0. The Balaban J connectivity index is 3.32. The van der Waals surface area contributed by atoms with Gasteiger partial charge in [-0.05, 0) is 18.3 Å². The van der Waals surface area contributed by atoms with E-state index >= 15 is 0 Å². The van der Waals surface area contributed by atoms with E-state index in [-0.39, 0.29) is 13.2 Å². The molecule has 0 saturated carbocycles. The number of hydrogen-bond donors (Lipinski definition) is 2. The molecule has 0 atom stereocenters. The van der Waals surface area contributed by atoms with Crippen LogP contribution in [0.3, 0.4) is 0 Å². The maximum Gasteiger partial charge on any atom is 0.407 e. The van der Waals surface area contributed by atoms with Crippen LogP contribution in [-0.2, 0) is 4.74 Å². The number of aliphatic hydroxyl groups excluding tert-OH is 1. The van der Waals surface area contributed by atoms with Gasteiger partial charge >= 0.3 is 6.09 Å². The molecule has 0 spiro atoms. The molecule has 0 bridgehead atoms. The normalized spacial score (nSPS) is 11.2. The van der Waals surface area contributed by atoms with Gasteiger partial charge in [-0.25, -0.2) is 4.79 Å². The summed E-state index contributed by atoms with van der Waals surface area (Å²) in [5, 5.41) is 11.1. The van der Waals surface area contributed by atoms with Crippen LogP contribution in [-0.4, -0.2) is 31.0 Å². The van der Waals surface area contributed by atoms with E-state index in [1.165, 1.54) is 0 Å². The largest absolute Gasteiger partial charge is 0.449 e. The standard InChI is InChI=1S/C11H23NO3/c1-11(2,3)6-4-7-12-10(14)15-9-5-8-13/h13H,4-9H2,1-3H3,(H,12,14). The first-order chi connectivity index (χ1) is 6.95. The van der Waals surface area contributed by atoms with Gasteiger partial charge in [-0.2, -0.15) is 0 Å². The van der Waals surface area contributed by atoms with Gasteiger partial charge in [0, 0.05) is 19.6 Å².